The molecule has 0 radical (unpaired) electrons. The monoisotopic (exact) mass is 481 g/mol. The number of aromatic amines is 1. The van der Waals surface area contributed by atoms with E-state index in [4.69, 9.17) is 4.42 Å². The van der Waals surface area contributed by atoms with Crippen LogP contribution < -0.4 is 5.32 Å². The molecule has 0 aliphatic rings. The van der Waals surface area contributed by atoms with Crippen molar-refractivity contribution in [2.75, 3.05) is 6.54 Å². The van der Waals surface area contributed by atoms with Crippen molar-refractivity contribution in [1.82, 2.24) is 15.5 Å². The van der Waals surface area contributed by atoms with E-state index >= 15 is 0 Å². The maximum atomic E-state index is 14.5. The summed E-state index contributed by atoms with van der Waals surface area (Å²) in [4.78, 5) is 13.8. The first kappa shape index (κ1) is 26.9. The molecule has 2 aromatic heterocycles. The van der Waals surface area contributed by atoms with Gasteiger partial charge in [-0.25, -0.2) is 4.39 Å². The average Bonchev–Trinajstić information content (AvgIpc) is 3.46. The molecule has 1 aromatic carbocycles. The van der Waals surface area contributed by atoms with Gasteiger partial charge in [0.15, 0.2) is 0 Å². The van der Waals surface area contributed by atoms with E-state index in [1.807, 2.05) is 70.2 Å². The molecule has 0 saturated heterocycles. The summed E-state index contributed by atoms with van der Waals surface area (Å²) in [5.41, 5.74) is 3.02. The SMILES string of the molecule is C=C(/C=C\c1[nH]nc(/C(=C/C)Sc2ccccc2C)c1C(C)F)C(=O)NCC.Cc1ccco1. The molecule has 0 aliphatic carbocycles. The molecule has 1 amide bonds. The molecule has 180 valence electrons. The van der Waals surface area contributed by atoms with Gasteiger partial charge in [0.05, 0.1) is 12.0 Å². The minimum Gasteiger partial charge on any atom is -0.470 e. The smallest absolute Gasteiger partial charge is 0.250 e. The maximum absolute atomic E-state index is 14.5. The first-order valence-electron chi connectivity index (χ1n) is 11.1. The fraction of sp³-hybridized carbons (Fsp3) is 0.259. The number of benzene rings is 1. The number of alkyl halides is 1. The van der Waals surface area contributed by atoms with Gasteiger partial charge in [0.1, 0.15) is 17.6 Å². The van der Waals surface area contributed by atoms with Crippen molar-refractivity contribution >= 4 is 28.7 Å². The number of allylic oxidation sites excluding steroid dienone is 1. The number of carbonyl (C=O) groups excluding carboxylic acids is 1. The summed E-state index contributed by atoms with van der Waals surface area (Å²) in [6.45, 7) is 13.5. The molecule has 0 aliphatic heterocycles. The van der Waals surface area contributed by atoms with Crippen molar-refractivity contribution in [2.24, 2.45) is 0 Å². The van der Waals surface area contributed by atoms with E-state index in [-0.39, 0.29) is 5.91 Å². The van der Waals surface area contributed by atoms with Crippen molar-refractivity contribution in [3.63, 3.8) is 0 Å². The highest BCUT2D eigenvalue weighted by Gasteiger charge is 2.21. The Morgan fingerprint density at radius 1 is 1.29 bits per heavy atom. The van der Waals surface area contributed by atoms with Gasteiger partial charge >= 0.3 is 0 Å². The number of halogens is 1. The van der Waals surface area contributed by atoms with Gasteiger partial charge in [-0.05, 0) is 70.5 Å². The zero-order chi connectivity index (χ0) is 25.1. The Morgan fingerprint density at radius 2 is 2.03 bits per heavy atom. The number of furan rings is 1. The predicted molar refractivity (Wildman–Crippen MR) is 139 cm³/mol. The number of aromatic nitrogens is 2. The summed E-state index contributed by atoms with van der Waals surface area (Å²) in [6.07, 6.45) is 5.58. The predicted octanol–water partition coefficient (Wildman–Crippen LogP) is 7.20. The molecule has 34 heavy (non-hydrogen) atoms. The largest absolute Gasteiger partial charge is 0.470 e. The topological polar surface area (TPSA) is 70.9 Å². The lowest BCUT2D eigenvalue weighted by Crippen LogP contribution is -2.23. The molecule has 1 unspecified atom stereocenters. The van der Waals surface area contributed by atoms with Gasteiger partial charge in [-0.1, -0.05) is 42.6 Å². The summed E-state index contributed by atoms with van der Waals surface area (Å²) >= 11 is 1.56. The zero-order valence-corrected chi connectivity index (χ0v) is 21.1. The third-order valence-electron chi connectivity index (χ3n) is 4.78. The Kier molecular flexibility index (Phi) is 10.6. The van der Waals surface area contributed by atoms with Crippen LogP contribution in [0.25, 0.3) is 11.0 Å². The van der Waals surface area contributed by atoms with Gasteiger partial charge in [-0.15, -0.1) is 0 Å². The maximum Gasteiger partial charge on any atom is 0.250 e. The number of nitrogens with zero attached hydrogens (tertiary/aromatic N) is 1. The van der Waals surface area contributed by atoms with Crippen LogP contribution in [0.1, 0.15) is 55.2 Å². The van der Waals surface area contributed by atoms with Gasteiger partial charge in [-0.3, -0.25) is 9.89 Å². The number of amides is 1. The van der Waals surface area contributed by atoms with Crippen LogP contribution in [0.15, 0.2) is 76.3 Å². The average molecular weight is 482 g/mol. The molecule has 3 rings (SSSR count). The van der Waals surface area contributed by atoms with E-state index in [9.17, 15) is 9.18 Å². The highest BCUT2D eigenvalue weighted by molar-refractivity contribution is 8.08. The van der Waals surface area contributed by atoms with Crippen LogP contribution in [0.5, 0.6) is 0 Å². The van der Waals surface area contributed by atoms with E-state index in [2.05, 4.69) is 22.1 Å². The van der Waals surface area contributed by atoms with Gasteiger partial charge in [0.25, 0.3) is 5.91 Å². The van der Waals surface area contributed by atoms with Crippen LogP contribution in [-0.4, -0.2) is 22.6 Å². The van der Waals surface area contributed by atoms with E-state index in [0.29, 0.717) is 29.1 Å². The zero-order valence-electron chi connectivity index (χ0n) is 20.3. The second-order valence-electron chi connectivity index (χ2n) is 7.48. The van der Waals surface area contributed by atoms with E-state index in [1.54, 1.807) is 30.2 Å². The number of H-pyrrole nitrogens is 1. The molecule has 5 nitrogen and oxygen atoms in total. The summed E-state index contributed by atoms with van der Waals surface area (Å²) in [5.74, 6) is 0.715. The van der Waals surface area contributed by atoms with Crippen LogP contribution >= 0.6 is 11.8 Å². The van der Waals surface area contributed by atoms with Gasteiger partial charge in [0, 0.05) is 27.5 Å². The third kappa shape index (κ3) is 7.63. The molecule has 7 heteroatoms. The second kappa shape index (κ2) is 13.4. The molecule has 0 spiro atoms. The number of rotatable bonds is 8. The van der Waals surface area contributed by atoms with Crippen molar-refractivity contribution in [3.8, 4) is 0 Å². The van der Waals surface area contributed by atoms with Crippen LogP contribution in [0.3, 0.4) is 0 Å². The minimum atomic E-state index is -1.22. The number of carbonyl (C=O) groups is 1. The fourth-order valence-electron chi connectivity index (χ4n) is 3.01. The molecule has 2 N–H and O–H groups in total. The number of nitrogens with one attached hydrogen (secondary N) is 2. The van der Waals surface area contributed by atoms with Gasteiger partial charge in [-0.2, -0.15) is 5.10 Å². The molecule has 3 aromatic rings. The highest BCUT2D eigenvalue weighted by atomic mass is 32.2. The molecule has 1 atom stereocenters. The molecule has 2 heterocycles. The summed E-state index contributed by atoms with van der Waals surface area (Å²) in [6, 6.07) is 11.8. The number of hydrogen-bond donors (Lipinski definition) is 2. The molecule has 0 bridgehead atoms. The summed E-state index contributed by atoms with van der Waals surface area (Å²) in [5, 5.41) is 9.93. The van der Waals surface area contributed by atoms with Crippen molar-refractivity contribution in [1.29, 1.82) is 0 Å². The Morgan fingerprint density at radius 3 is 2.56 bits per heavy atom. The fourth-order valence-corrected chi connectivity index (χ4v) is 3.99. The minimum absolute atomic E-state index is 0.252. The van der Waals surface area contributed by atoms with Gasteiger partial charge < -0.3 is 9.73 Å². The quantitative estimate of drug-likeness (QED) is 0.203. The van der Waals surface area contributed by atoms with E-state index in [0.717, 1.165) is 21.1 Å². The lowest BCUT2D eigenvalue weighted by Gasteiger charge is -2.10. The summed E-state index contributed by atoms with van der Waals surface area (Å²) < 4.78 is 19.3. The summed E-state index contributed by atoms with van der Waals surface area (Å²) in [7, 11) is 0. The van der Waals surface area contributed by atoms with Crippen molar-refractivity contribution < 1.29 is 13.6 Å². The van der Waals surface area contributed by atoms with Gasteiger partial charge in [0.2, 0.25) is 0 Å². The Hall–Kier alpha value is -3.32. The van der Waals surface area contributed by atoms with Crippen molar-refractivity contribution in [3.05, 3.63) is 95.2 Å². The van der Waals surface area contributed by atoms with E-state index in [1.165, 1.54) is 6.92 Å². The Labute approximate surface area is 205 Å². The normalized spacial score (nSPS) is 12.2. The second-order valence-corrected chi connectivity index (χ2v) is 8.56. The first-order valence-corrected chi connectivity index (χ1v) is 11.9. The number of likely N-dealkylation sites (N-methyl/N-ethyl adjacent to an activating group) is 1. The highest BCUT2D eigenvalue weighted by Crippen LogP contribution is 2.39. The molecular formula is C27H32FN3O2S. The molecule has 0 saturated carbocycles. The van der Waals surface area contributed by atoms with Crippen LogP contribution in [0, 0.1) is 13.8 Å². The lowest BCUT2D eigenvalue weighted by atomic mass is 10.1. The first-order chi connectivity index (χ1) is 16.3. The number of aryl methyl sites for hydroxylation is 2. The Balaban J connectivity index is 0.000000589. The Bertz CT molecular complexity index is 1140. The van der Waals surface area contributed by atoms with Crippen LogP contribution in [0.2, 0.25) is 0 Å². The lowest BCUT2D eigenvalue weighted by molar-refractivity contribution is -0.117. The molecule has 0 fully saturated rings. The van der Waals surface area contributed by atoms with Crippen LogP contribution in [0.4, 0.5) is 4.39 Å². The number of thioether (sulfide) groups is 1. The number of hydrogen-bond acceptors (Lipinski definition) is 4. The van der Waals surface area contributed by atoms with E-state index < -0.39 is 6.17 Å². The molecular weight excluding hydrogens is 449 g/mol. The third-order valence-corrected chi connectivity index (χ3v) is 6.11. The standard InChI is InChI=1S/C22H26FN3OS.C5H6O/c1-6-18(28-19-11-9-8-10-14(19)3)21-20(16(5)23)17(25-26-21)13-12-15(4)22(27)24-7-2;1-5-3-2-4-6-5/h6,8-13,16H,4,7H2,1-3,5H3,(H,24,27)(H,25,26);2-4H,1H3/b13-12-,18-6-;. The van der Waals surface area contributed by atoms with Crippen molar-refractivity contribution in [2.45, 2.75) is 45.7 Å². The van der Waals surface area contributed by atoms with Crippen LogP contribution in [-0.2, 0) is 4.79 Å².